The molecule has 7 heteroatoms. The highest BCUT2D eigenvalue weighted by atomic mass is 35.5. The molecule has 0 amide bonds. The van der Waals surface area contributed by atoms with Gasteiger partial charge in [-0.05, 0) is 37.1 Å². The molecule has 0 N–H and O–H groups in total. The minimum Gasteiger partial charge on any atom is -0.489 e. The van der Waals surface area contributed by atoms with E-state index in [1.807, 2.05) is 38.1 Å². The van der Waals surface area contributed by atoms with E-state index in [0.717, 1.165) is 5.69 Å². The standard InChI is InChI=1S/C21H22ClF3N2O/c1-5-8-16(11-15(4)28-13-21(23,24)25)20-12-18(14(2)3)26-27(20)19-10-7-6-9-17(19)22/h5-12,14H,1,13H2,2-4H3/b15-11+,16-8+. The van der Waals surface area contributed by atoms with E-state index in [4.69, 9.17) is 16.3 Å². The van der Waals surface area contributed by atoms with Gasteiger partial charge < -0.3 is 4.74 Å². The van der Waals surface area contributed by atoms with Crippen molar-refractivity contribution in [2.45, 2.75) is 32.9 Å². The molecule has 0 spiro atoms. The van der Waals surface area contributed by atoms with E-state index in [1.54, 1.807) is 22.9 Å². The van der Waals surface area contributed by atoms with E-state index in [-0.39, 0.29) is 11.7 Å². The Hall–Kier alpha value is -2.47. The van der Waals surface area contributed by atoms with E-state index >= 15 is 0 Å². The topological polar surface area (TPSA) is 27.1 Å². The van der Waals surface area contributed by atoms with Crippen molar-refractivity contribution in [2.75, 3.05) is 6.61 Å². The second-order valence-electron chi connectivity index (χ2n) is 6.49. The highest BCUT2D eigenvalue weighted by Gasteiger charge is 2.28. The monoisotopic (exact) mass is 410 g/mol. The third-order valence-corrected chi connectivity index (χ3v) is 4.14. The molecule has 0 aliphatic heterocycles. The fraction of sp³-hybridized carbons (Fsp3) is 0.286. The zero-order valence-corrected chi connectivity index (χ0v) is 16.7. The Morgan fingerprint density at radius 2 is 2.00 bits per heavy atom. The smallest absolute Gasteiger partial charge is 0.422 e. The third kappa shape index (κ3) is 5.76. The lowest BCUT2D eigenvalue weighted by atomic mass is 10.1. The SMILES string of the molecule is C=C/C=C(\C=C(/C)OCC(F)(F)F)c1cc(C(C)C)nn1-c1ccccc1Cl. The fourth-order valence-corrected chi connectivity index (χ4v) is 2.70. The predicted molar refractivity (Wildman–Crippen MR) is 107 cm³/mol. The lowest BCUT2D eigenvalue weighted by molar-refractivity contribution is -0.164. The van der Waals surface area contributed by atoms with Gasteiger partial charge in [-0.25, -0.2) is 4.68 Å². The van der Waals surface area contributed by atoms with Gasteiger partial charge in [-0.3, -0.25) is 0 Å². The van der Waals surface area contributed by atoms with Gasteiger partial charge in [0.25, 0.3) is 0 Å². The van der Waals surface area contributed by atoms with Gasteiger partial charge in [-0.1, -0.05) is 56.3 Å². The molecule has 150 valence electrons. The number of benzene rings is 1. The molecule has 0 aliphatic rings. The maximum atomic E-state index is 12.4. The maximum absolute atomic E-state index is 12.4. The number of aromatic nitrogens is 2. The van der Waals surface area contributed by atoms with Gasteiger partial charge >= 0.3 is 6.18 Å². The van der Waals surface area contributed by atoms with Gasteiger partial charge in [0, 0.05) is 5.57 Å². The van der Waals surface area contributed by atoms with Crippen LogP contribution < -0.4 is 0 Å². The van der Waals surface area contributed by atoms with Gasteiger partial charge in [0.05, 0.1) is 27.9 Å². The van der Waals surface area contributed by atoms with Crippen molar-refractivity contribution < 1.29 is 17.9 Å². The van der Waals surface area contributed by atoms with Crippen LogP contribution in [0.5, 0.6) is 0 Å². The van der Waals surface area contributed by atoms with Gasteiger partial charge in [0.1, 0.15) is 0 Å². The lowest BCUT2D eigenvalue weighted by Crippen LogP contribution is -2.16. The molecule has 0 radical (unpaired) electrons. The number of para-hydroxylation sites is 1. The van der Waals surface area contributed by atoms with Crippen molar-refractivity contribution >= 4 is 17.2 Å². The highest BCUT2D eigenvalue weighted by Crippen LogP contribution is 2.29. The van der Waals surface area contributed by atoms with Crippen LogP contribution in [0, 0.1) is 0 Å². The summed E-state index contributed by atoms with van der Waals surface area (Å²) < 4.78 is 43.8. The quantitative estimate of drug-likeness (QED) is 0.375. The Labute approximate surface area is 167 Å². The molecule has 1 heterocycles. The van der Waals surface area contributed by atoms with E-state index in [2.05, 4.69) is 11.7 Å². The van der Waals surface area contributed by atoms with Crippen molar-refractivity contribution in [1.82, 2.24) is 9.78 Å². The zero-order chi connectivity index (χ0) is 20.9. The average molecular weight is 411 g/mol. The van der Waals surface area contributed by atoms with E-state index < -0.39 is 12.8 Å². The summed E-state index contributed by atoms with van der Waals surface area (Å²) in [6.07, 6.45) is 0.375. The molecule has 2 rings (SSSR count). The molecular formula is C21H22ClF3N2O. The molecule has 0 bridgehead atoms. The van der Waals surface area contributed by atoms with Crippen LogP contribution in [-0.2, 0) is 4.74 Å². The average Bonchev–Trinajstić information content (AvgIpc) is 3.05. The van der Waals surface area contributed by atoms with Crippen molar-refractivity contribution in [1.29, 1.82) is 0 Å². The van der Waals surface area contributed by atoms with Crippen molar-refractivity contribution in [3.63, 3.8) is 0 Å². The highest BCUT2D eigenvalue weighted by molar-refractivity contribution is 6.32. The molecule has 0 atom stereocenters. The first-order valence-electron chi connectivity index (χ1n) is 8.68. The molecule has 2 aromatic rings. The predicted octanol–water partition coefficient (Wildman–Crippen LogP) is 6.70. The summed E-state index contributed by atoms with van der Waals surface area (Å²) in [5.41, 5.74) is 2.77. The third-order valence-electron chi connectivity index (χ3n) is 3.82. The number of rotatable bonds is 7. The first-order chi connectivity index (χ1) is 13.1. The summed E-state index contributed by atoms with van der Waals surface area (Å²) in [4.78, 5) is 0. The zero-order valence-electron chi connectivity index (χ0n) is 15.9. The number of hydrogen-bond acceptors (Lipinski definition) is 2. The Morgan fingerprint density at radius 1 is 1.32 bits per heavy atom. The van der Waals surface area contributed by atoms with Crippen LogP contribution in [0.4, 0.5) is 13.2 Å². The first-order valence-corrected chi connectivity index (χ1v) is 9.06. The van der Waals surface area contributed by atoms with Crippen LogP contribution in [-0.4, -0.2) is 22.6 Å². The summed E-state index contributed by atoms with van der Waals surface area (Å²) in [6.45, 7) is 7.84. The largest absolute Gasteiger partial charge is 0.489 e. The number of halogens is 4. The molecule has 1 aromatic carbocycles. The number of ether oxygens (including phenoxy) is 1. The van der Waals surface area contributed by atoms with Crippen LogP contribution in [0.25, 0.3) is 11.3 Å². The summed E-state index contributed by atoms with van der Waals surface area (Å²) >= 11 is 6.34. The van der Waals surface area contributed by atoms with Gasteiger partial charge in [0.15, 0.2) is 6.61 Å². The Kier molecular flexibility index (Phi) is 7.13. The molecule has 0 saturated carbocycles. The Balaban J connectivity index is 2.54. The van der Waals surface area contributed by atoms with Crippen molar-refractivity contribution in [2.24, 2.45) is 0 Å². The minimum atomic E-state index is -4.40. The fourth-order valence-electron chi connectivity index (χ4n) is 2.49. The Bertz CT molecular complexity index is 895. The molecule has 1 aromatic heterocycles. The van der Waals surface area contributed by atoms with E-state index in [0.29, 0.717) is 22.0 Å². The number of alkyl halides is 3. The van der Waals surface area contributed by atoms with Crippen LogP contribution in [0.1, 0.15) is 38.1 Å². The number of nitrogens with zero attached hydrogens (tertiary/aromatic N) is 2. The molecule has 0 unspecified atom stereocenters. The first kappa shape index (κ1) is 21.8. The summed E-state index contributed by atoms with van der Waals surface area (Å²) in [5, 5.41) is 5.15. The summed E-state index contributed by atoms with van der Waals surface area (Å²) in [7, 11) is 0. The van der Waals surface area contributed by atoms with Crippen LogP contribution in [0.15, 0.2) is 60.9 Å². The van der Waals surface area contributed by atoms with Crippen molar-refractivity contribution in [3.8, 4) is 5.69 Å². The molecule has 0 fully saturated rings. The van der Waals surface area contributed by atoms with Gasteiger partial charge in [-0.15, -0.1) is 0 Å². The second kappa shape index (κ2) is 9.15. The Morgan fingerprint density at radius 3 is 2.57 bits per heavy atom. The minimum absolute atomic E-state index is 0.128. The van der Waals surface area contributed by atoms with Crippen LogP contribution >= 0.6 is 11.6 Å². The summed E-state index contributed by atoms with van der Waals surface area (Å²) in [5.74, 6) is 0.280. The number of allylic oxidation sites excluding steroid dienone is 5. The summed E-state index contributed by atoms with van der Waals surface area (Å²) in [6, 6.07) is 9.11. The molecule has 0 saturated heterocycles. The van der Waals surface area contributed by atoms with E-state index in [9.17, 15) is 13.2 Å². The number of hydrogen-bond donors (Lipinski definition) is 0. The molecule has 0 aliphatic carbocycles. The van der Waals surface area contributed by atoms with Gasteiger partial charge in [-0.2, -0.15) is 18.3 Å². The van der Waals surface area contributed by atoms with Crippen molar-refractivity contribution in [3.05, 3.63) is 77.3 Å². The van der Waals surface area contributed by atoms with Crippen LogP contribution in [0.3, 0.4) is 0 Å². The molecular weight excluding hydrogens is 389 g/mol. The maximum Gasteiger partial charge on any atom is 0.422 e. The van der Waals surface area contributed by atoms with Gasteiger partial charge in [0.2, 0.25) is 0 Å². The van der Waals surface area contributed by atoms with E-state index in [1.165, 1.54) is 13.0 Å². The molecule has 28 heavy (non-hydrogen) atoms. The second-order valence-corrected chi connectivity index (χ2v) is 6.90. The van der Waals surface area contributed by atoms with Crippen LogP contribution in [0.2, 0.25) is 5.02 Å². The normalized spacial score (nSPS) is 13.1. The lowest BCUT2D eigenvalue weighted by Gasteiger charge is -2.12. The molecule has 3 nitrogen and oxygen atoms in total.